The van der Waals surface area contributed by atoms with Crippen LogP contribution in [0.25, 0.3) is 0 Å². The molecule has 2 aromatic rings. The number of amidine groups is 1. The van der Waals surface area contributed by atoms with Crippen LogP contribution in [0, 0.1) is 17.1 Å². The van der Waals surface area contributed by atoms with Gasteiger partial charge in [-0.3, -0.25) is 9.79 Å². The summed E-state index contributed by atoms with van der Waals surface area (Å²) in [5.74, 6) is -1.16. The number of carbonyl (C=O) groups excluding carboxylic acids is 1. The monoisotopic (exact) mass is 388 g/mol. The summed E-state index contributed by atoms with van der Waals surface area (Å²) in [7, 11) is 0. The third kappa shape index (κ3) is 4.10. The second-order valence-corrected chi connectivity index (χ2v) is 6.16. The Morgan fingerprint density at radius 1 is 1.32 bits per heavy atom. The van der Waals surface area contributed by atoms with E-state index in [9.17, 15) is 18.1 Å². The van der Waals surface area contributed by atoms with Gasteiger partial charge < -0.3 is 11.1 Å². The van der Waals surface area contributed by atoms with E-state index in [0.29, 0.717) is 5.56 Å². The Kier molecular flexibility index (Phi) is 5.56. The van der Waals surface area contributed by atoms with Crippen molar-refractivity contribution < 1.29 is 18.1 Å². The zero-order chi connectivity index (χ0) is 20.3. The molecular formula is C18H15F3N6O. The fourth-order valence-corrected chi connectivity index (χ4v) is 2.90. The number of benzene rings is 1. The van der Waals surface area contributed by atoms with E-state index in [0.717, 1.165) is 6.07 Å². The van der Waals surface area contributed by atoms with Gasteiger partial charge in [0.1, 0.15) is 29.7 Å². The molecule has 0 fully saturated rings. The molecule has 7 nitrogen and oxygen atoms in total. The zero-order valence-corrected chi connectivity index (χ0v) is 14.4. The van der Waals surface area contributed by atoms with Crippen molar-refractivity contribution in [3.05, 3.63) is 59.2 Å². The van der Waals surface area contributed by atoms with Gasteiger partial charge in [0.15, 0.2) is 0 Å². The number of hydrogen-bond donors (Lipinski definition) is 2. The fourth-order valence-electron chi connectivity index (χ4n) is 2.90. The second-order valence-electron chi connectivity index (χ2n) is 6.16. The lowest BCUT2D eigenvalue weighted by Crippen LogP contribution is -2.35. The first-order chi connectivity index (χ1) is 13.4. The average Bonchev–Trinajstić information content (AvgIpc) is 2.69. The van der Waals surface area contributed by atoms with E-state index in [4.69, 9.17) is 11.0 Å². The summed E-state index contributed by atoms with van der Waals surface area (Å²) < 4.78 is 40.8. The van der Waals surface area contributed by atoms with Crippen molar-refractivity contribution >= 4 is 17.4 Å². The Labute approximate surface area is 158 Å². The third-order valence-corrected chi connectivity index (χ3v) is 4.31. The molecule has 0 bridgehead atoms. The summed E-state index contributed by atoms with van der Waals surface area (Å²) in [6, 6.07) is 5.77. The summed E-state index contributed by atoms with van der Waals surface area (Å²) in [5.41, 5.74) is 6.08. The molecule has 2 heterocycles. The smallest absolute Gasteiger partial charge is 0.274 e. The Morgan fingerprint density at radius 3 is 2.75 bits per heavy atom. The van der Waals surface area contributed by atoms with Crippen molar-refractivity contribution in [2.75, 3.05) is 5.32 Å². The van der Waals surface area contributed by atoms with Crippen LogP contribution in [-0.2, 0) is 0 Å². The maximum absolute atomic E-state index is 14.3. The van der Waals surface area contributed by atoms with Crippen molar-refractivity contribution in [2.45, 2.75) is 24.9 Å². The maximum Gasteiger partial charge on any atom is 0.274 e. The Hall–Kier alpha value is -3.45. The number of nitriles is 1. The van der Waals surface area contributed by atoms with Gasteiger partial charge in [0.25, 0.3) is 5.91 Å². The summed E-state index contributed by atoms with van der Waals surface area (Å²) in [4.78, 5) is 20.1. The Bertz CT molecular complexity index is 955. The van der Waals surface area contributed by atoms with Gasteiger partial charge in [-0.15, -0.1) is 8.96 Å². The quantitative estimate of drug-likeness (QED) is 0.783. The van der Waals surface area contributed by atoms with Crippen LogP contribution < -0.4 is 11.1 Å². The lowest BCUT2D eigenvalue weighted by Gasteiger charge is -2.28. The molecule has 2 unspecified atom stereocenters. The molecule has 1 aromatic heterocycles. The number of carbonyl (C=O) groups is 1. The van der Waals surface area contributed by atoms with Crippen molar-refractivity contribution in [3.8, 4) is 6.07 Å². The molecular weight excluding hydrogens is 373 g/mol. The molecule has 0 saturated carbocycles. The molecule has 28 heavy (non-hydrogen) atoms. The number of nitrogens with zero attached hydrogens (tertiary/aromatic N) is 4. The van der Waals surface area contributed by atoms with Crippen LogP contribution in [0.3, 0.4) is 0 Å². The molecule has 3 rings (SSSR count). The number of aromatic nitrogens is 1. The normalized spacial score (nSPS) is 19.0. The van der Waals surface area contributed by atoms with Gasteiger partial charge in [-0.1, -0.05) is 0 Å². The van der Waals surface area contributed by atoms with Crippen molar-refractivity contribution in [1.82, 2.24) is 10.3 Å². The lowest BCUT2D eigenvalue weighted by molar-refractivity contribution is -0.195. The number of hydrogen-bond acceptors (Lipinski definition) is 6. The third-order valence-electron chi connectivity index (χ3n) is 4.31. The minimum atomic E-state index is -1.33. The van der Waals surface area contributed by atoms with E-state index in [1.165, 1.54) is 30.5 Å². The number of anilines is 1. The Balaban J connectivity index is 1.87. The lowest BCUT2D eigenvalue weighted by atomic mass is 9.93. The van der Waals surface area contributed by atoms with E-state index in [2.05, 4.69) is 15.3 Å². The Morgan fingerprint density at radius 2 is 2.11 bits per heavy atom. The molecule has 1 aliphatic rings. The number of halogens is 3. The van der Waals surface area contributed by atoms with Crippen LogP contribution in [0.15, 0.2) is 41.5 Å². The maximum atomic E-state index is 14.3. The van der Waals surface area contributed by atoms with Crippen LogP contribution in [0.2, 0.25) is 0 Å². The molecule has 144 valence electrons. The number of nitrogens with two attached hydrogens (primary N) is 1. The molecule has 2 atom stereocenters. The molecule has 1 aliphatic heterocycles. The predicted octanol–water partition coefficient (Wildman–Crippen LogP) is 2.98. The fraction of sp³-hybridized carbons (Fsp3) is 0.222. The molecule has 10 heteroatoms. The highest BCUT2D eigenvalue weighted by atomic mass is 19.4. The first kappa shape index (κ1) is 19.3. The van der Waals surface area contributed by atoms with E-state index < -0.39 is 29.2 Å². The van der Waals surface area contributed by atoms with Gasteiger partial charge in [-0.05, 0) is 36.8 Å². The summed E-state index contributed by atoms with van der Waals surface area (Å²) in [5, 5.41) is 10.3. The van der Waals surface area contributed by atoms with Gasteiger partial charge >= 0.3 is 0 Å². The predicted molar refractivity (Wildman–Crippen MR) is 94.7 cm³/mol. The van der Waals surface area contributed by atoms with Gasteiger partial charge in [0, 0.05) is 29.2 Å². The number of aliphatic imine (C=N–C) groups is 1. The standard InChI is InChI=1S/C18H15F3N6O/c19-13-3-2-11(25-18(28)14-4-1-10(8-22)9-24-14)7-12(13)17-15(27(20)21)5-6-16(23)26-17/h1-4,7,9,15,17H,5-6H2,(H2,23,26)(H,25,28). The van der Waals surface area contributed by atoms with Crippen LogP contribution >= 0.6 is 0 Å². The number of amides is 1. The molecule has 0 saturated heterocycles. The van der Waals surface area contributed by atoms with Crippen molar-refractivity contribution in [1.29, 1.82) is 5.26 Å². The summed E-state index contributed by atoms with van der Waals surface area (Å²) in [6.45, 7) is 0. The van der Waals surface area contributed by atoms with Crippen molar-refractivity contribution in [3.63, 3.8) is 0 Å². The largest absolute Gasteiger partial charge is 0.387 e. The van der Waals surface area contributed by atoms with E-state index >= 15 is 0 Å². The average molecular weight is 388 g/mol. The number of nitrogens with one attached hydrogen (secondary N) is 1. The van der Waals surface area contributed by atoms with Crippen LogP contribution in [0.1, 0.15) is 40.5 Å². The van der Waals surface area contributed by atoms with Crippen LogP contribution in [0.4, 0.5) is 19.0 Å². The van der Waals surface area contributed by atoms with Gasteiger partial charge in [-0.25, -0.2) is 9.37 Å². The van der Waals surface area contributed by atoms with Crippen molar-refractivity contribution in [2.24, 2.45) is 10.7 Å². The van der Waals surface area contributed by atoms with E-state index in [1.807, 2.05) is 6.07 Å². The molecule has 0 spiro atoms. The molecule has 0 aliphatic carbocycles. The minimum absolute atomic E-state index is 0.0260. The molecule has 0 radical (unpaired) electrons. The minimum Gasteiger partial charge on any atom is -0.387 e. The summed E-state index contributed by atoms with van der Waals surface area (Å²) in [6.07, 6.45) is 1.46. The second kappa shape index (κ2) is 8.06. The van der Waals surface area contributed by atoms with Gasteiger partial charge in [0.05, 0.1) is 11.4 Å². The highest BCUT2D eigenvalue weighted by molar-refractivity contribution is 6.02. The molecule has 1 aromatic carbocycles. The SMILES string of the molecule is N#Cc1ccc(C(=O)Nc2ccc(F)c(C3N=C(N)CCC3N(F)F)c2)nc1. The number of rotatable bonds is 4. The van der Waals surface area contributed by atoms with Crippen LogP contribution in [-0.4, -0.2) is 28.1 Å². The van der Waals surface area contributed by atoms with E-state index in [-0.39, 0.29) is 35.6 Å². The van der Waals surface area contributed by atoms with Gasteiger partial charge in [0.2, 0.25) is 0 Å². The topological polar surface area (TPSA) is 107 Å². The van der Waals surface area contributed by atoms with Gasteiger partial charge in [-0.2, -0.15) is 5.26 Å². The molecule has 1 amide bonds. The number of pyridine rings is 1. The zero-order valence-electron chi connectivity index (χ0n) is 14.4. The highest BCUT2D eigenvalue weighted by Crippen LogP contribution is 2.34. The summed E-state index contributed by atoms with van der Waals surface area (Å²) >= 11 is 0. The first-order valence-corrected chi connectivity index (χ1v) is 8.29. The van der Waals surface area contributed by atoms with E-state index in [1.54, 1.807) is 0 Å². The first-order valence-electron chi connectivity index (χ1n) is 8.29. The van der Waals surface area contributed by atoms with Crippen LogP contribution in [0.5, 0.6) is 0 Å². The highest BCUT2D eigenvalue weighted by Gasteiger charge is 2.34. The molecule has 3 N–H and O–H groups in total.